The van der Waals surface area contributed by atoms with Crippen LogP contribution >= 0.6 is 0 Å². The molecule has 0 aliphatic carbocycles. The van der Waals surface area contributed by atoms with Gasteiger partial charge in [0.1, 0.15) is 11.6 Å². The summed E-state index contributed by atoms with van der Waals surface area (Å²) in [6, 6.07) is 16.7. The first-order valence-electron chi connectivity index (χ1n) is 12.2. The van der Waals surface area contributed by atoms with Crippen molar-refractivity contribution < 1.29 is 28.6 Å². The number of ether oxygens (including phenoxy) is 2. The quantitative estimate of drug-likeness (QED) is 0.259. The van der Waals surface area contributed by atoms with Crippen molar-refractivity contribution in [1.82, 2.24) is 4.90 Å². The van der Waals surface area contributed by atoms with E-state index in [9.17, 15) is 19.1 Å². The smallest absolute Gasteiger partial charge is 0.312 e. The van der Waals surface area contributed by atoms with E-state index in [-0.39, 0.29) is 11.5 Å². The highest BCUT2D eigenvalue weighted by molar-refractivity contribution is 6.07. The number of aromatic hydroxyl groups is 1. The summed E-state index contributed by atoms with van der Waals surface area (Å²) in [5.74, 6) is -1.46. The Morgan fingerprint density at radius 2 is 1.81 bits per heavy atom. The van der Waals surface area contributed by atoms with Gasteiger partial charge in [-0.1, -0.05) is 54.6 Å². The first-order chi connectivity index (χ1) is 17.9. The second-order valence-electron chi connectivity index (χ2n) is 9.04. The first kappa shape index (κ1) is 26.3. The van der Waals surface area contributed by atoms with Gasteiger partial charge in [-0.3, -0.25) is 14.5 Å². The fourth-order valence-corrected chi connectivity index (χ4v) is 4.25. The summed E-state index contributed by atoms with van der Waals surface area (Å²) in [5.41, 5.74) is 3.55. The molecule has 0 saturated carbocycles. The van der Waals surface area contributed by atoms with Crippen LogP contribution in [0.25, 0.3) is 17.2 Å². The van der Waals surface area contributed by atoms with Crippen molar-refractivity contribution in [2.24, 2.45) is 0 Å². The number of nitrogens with zero attached hydrogens (tertiary/aromatic N) is 1. The van der Waals surface area contributed by atoms with E-state index in [4.69, 9.17) is 9.47 Å². The number of morpholine rings is 1. The molecule has 0 aromatic heterocycles. The Balaban J connectivity index is 1.41. The fraction of sp³-hybridized carbons (Fsp3) is 0.267. The van der Waals surface area contributed by atoms with Crippen LogP contribution in [0.15, 0.2) is 66.7 Å². The van der Waals surface area contributed by atoms with Crippen LogP contribution in [-0.4, -0.2) is 55.2 Å². The Bertz CT molecular complexity index is 1300. The molecule has 37 heavy (non-hydrogen) atoms. The Labute approximate surface area is 215 Å². The average Bonchev–Trinajstić information content (AvgIpc) is 2.93. The molecule has 1 aliphatic rings. The molecule has 1 fully saturated rings. The van der Waals surface area contributed by atoms with Gasteiger partial charge in [-0.2, -0.15) is 0 Å². The third kappa shape index (κ3) is 6.50. The van der Waals surface area contributed by atoms with Crippen LogP contribution in [0.5, 0.6) is 5.75 Å². The molecule has 0 radical (unpaired) electrons. The van der Waals surface area contributed by atoms with E-state index < -0.39 is 17.7 Å². The van der Waals surface area contributed by atoms with Gasteiger partial charge < -0.3 is 14.6 Å². The molecule has 0 amide bonds. The molecule has 1 unspecified atom stereocenters. The lowest BCUT2D eigenvalue weighted by molar-refractivity contribution is -0.142. The van der Waals surface area contributed by atoms with Gasteiger partial charge in [-0.15, -0.1) is 0 Å². The number of hydrogen-bond acceptors (Lipinski definition) is 6. The lowest BCUT2D eigenvalue weighted by Gasteiger charge is -2.26. The predicted octanol–water partition coefficient (Wildman–Crippen LogP) is 5.20. The van der Waals surface area contributed by atoms with Crippen LogP contribution in [0.4, 0.5) is 4.39 Å². The summed E-state index contributed by atoms with van der Waals surface area (Å²) in [5, 5.41) is 10.4. The average molecular weight is 504 g/mol. The first-order valence-corrected chi connectivity index (χ1v) is 12.2. The molecule has 1 aliphatic heterocycles. The highest BCUT2D eigenvalue weighted by Gasteiger charge is 2.18. The van der Waals surface area contributed by atoms with Crippen LogP contribution in [0.1, 0.15) is 39.9 Å². The summed E-state index contributed by atoms with van der Waals surface area (Å²) >= 11 is 0. The number of allylic oxidation sites excluding steroid dienone is 1. The minimum absolute atomic E-state index is 0.194. The molecule has 0 spiro atoms. The highest BCUT2D eigenvalue weighted by atomic mass is 19.1. The number of carbonyl (C=O) groups excluding carboxylic acids is 2. The molecule has 1 saturated heterocycles. The molecule has 192 valence electrons. The second kappa shape index (κ2) is 12.0. The lowest BCUT2D eigenvalue weighted by Crippen LogP contribution is -2.35. The SMILES string of the molecule is COC(=O)C(C)c1ccc(-c2ccc(C(=O)/C=C/c3ccc(CN4CCOCC4)c(O)c3)cc2)c(F)c1. The van der Waals surface area contributed by atoms with Gasteiger partial charge >= 0.3 is 5.97 Å². The molecular weight excluding hydrogens is 473 g/mol. The summed E-state index contributed by atoms with van der Waals surface area (Å²) < 4.78 is 24.9. The largest absolute Gasteiger partial charge is 0.508 e. The Morgan fingerprint density at radius 1 is 1.08 bits per heavy atom. The van der Waals surface area contributed by atoms with Crippen LogP contribution in [-0.2, 0) is 20.8 Å². The molecule has 3 aromatic rings. The third-order valence-electron chi connectivity index (χ3n) is 6.56. The van der Waals surface area contributed by atoms with Gasteiger partial charge in [0.05, 0.1) is 26.2 Å². The standard InChI is InChI=1S/C30H30FNO5/c1-20(30(35)36-2)24-10-11-26(27(31)18-24)22-6-8-23(9-7-22)28(33)12-4-21-3-5-25(29(34)17-21)19-32-13-15-37-16-14-32/h3-12,17-18,20,34H,13-16,19H2,1-2H3/b12-4+. The number of phenolic OH excluding ortho intramolecular Hbond substituents is 1. The highest BCUT2D eigenvalue weighted by Crippen LogP contribution is 2.27. The molecular formula is C30H30FNO5. The minimum Gasteiger partial charge on any atom is -0.508 e. The molecule has 7 heteroatoms. The van der Waals surface area contributed by atoms with Gasteiger partial charge in [0.2, 0.25) is 0 Å². The molecule has 0 bridgehead atoms. The Hall–Kier alpha value is -3.81. The summed E-state index contributed by atoms with van der Waals surface area (Å²) in [4.78, 5) is 26.6. The normalized spacial score (nSPS) is 15.0. The second-order valence-corrected chi connectivity index (χ2v) is 9.04. The van der Waals surface area contributed by atoms with Gasteiger partial charge in [0.15, 0.2) is 5.78 Å². The van der Waals surface area contributed by atoms with Crippen molar-refractivity contribution in [1.29, 1.82) is 0 Å². The topological polar surface area (TPSA) is 76.1 Å². The Kier molecular flexibility index (Phi) is 8.48. The number of rotatable bonds is 8. The maximum Gasteiger partial charge on any atom is 0.312 e. The van der Waals surface area contributed by atoms with Gasteiger partial charge in [0, 0.05) is 36.3 Å². The van der Waals surface area contributed by atoms with Crippen LogP contribution < -0.4 is 0 Å². The summed E-state index contributed by atoms with van der Waals surface area (Å²) in [6.07, 6.45) is 3.12. The number of esters is 1. The molecule has 1 heterocycles. The number of methoxy groups -OCH3 is 1. The van der Waals surface area contributed by atoms with Crippen LogP contribution in [0.3, 0.4) is 0 Å². The maximum absolute atomic E-state index is 14.8. The van der Waals surface area contributed by atoms with E-state index >= 15 is 0 Å². The van der Waals surface area contributed by atoms with Crippen molar-refractivity contribution in [3.05, 3.63) is 94.8 Å². The fourth-order valence-electron chi connectivity index (χ4n) is 4.25. The van der Waals surface area contributed by atoms with Crippen molar-refractivity contribution in [3.8, 4) is 16.9 Å². The van der Waals surface area contributed by atoms with Crippen molar-refractivity contribution in [3.63, 3.8) is 0 Å². The van der Waals surface area contributed by atoms with E-state index in [1.807, 2.05) is 12.1 Å². The van der Waals surface area contributed by atoms with Gasteiger partial charge in [-0.25, -0.2) is 4.39 Å². The van der Waals surface area contributed by atoms with E-state index in [2.05, 4.69) is 4.90 Å². The maximum atomic E-state index is 14.8. The molecule has 6 nitrogen and oxygen atoms in total. The number of phenols is 1. The number of ketones is 1. The van der Waals surface area contributed by atoms with E-state index in [0.29, 0.717) is 42.0 Å². The zero-order valence-corrected chi connectivity index (χ0v) is 20.9. The van der Waals surface area contributed by atoms with Crippen LogP contribution in [0.2, 0.25) is 0 Å². The molecule has 1 N–H and O–H groups in total. The van der Waals surface area contributed by atoms with Crippen molar-refractivity contribution >= 4 is 17.8 Å². The Morgan fingerprint density at radius 3 is 2.46 bits per heavy atom. The van der Waals surface area contributed by atoms with Crippen molar-refractivity contribution in [2.75, 3.05) is 33.4 Å². The number of carbonyl (C=O) groups is 2. The molecule has 4 rings (SSSR count). The summed E-state index contributed by atoms with van der Waals surface area (Å²) in [6.45, 7) is 5.37. The molecule has 3 aromatic carbocycles. The monoisotopic (exact) mass is 503 g/mol. The molecule has 1 atom stereocenters. The summed E-state index contributed by atoms with van der Waals surface area (Å²) in [7, 11) is 1.30. The number of halogens is 1. The number of hydrogen-bond donors (Lipinski definition) is 1. The predicted molar refractivity (Wildman–Crippen MR) is 140 cm³/mol. The van der Waals surface area contributed by atoms with Crippen LogP contribution in [0, 0.1) is 5.82 Å². The van der Waals surface area contributed by atoms with Crippen molar-refractivity contribution in [2.45, 2.75) is 19.4 Å². The van der Waals surface area contributed by atoms with Gasteiger partial charge in [-0.05, 0) is 41.8 Å². The third-order valence-corrected chi connectivity index (χ3v) is 6.56. The van der Waals surface area contributed by atoms with E-state index in [1.165, 1.54) is 19.3 Å². The zero-order valence-electron chi connectivity index (χ0n) is 20.9. The minimum atomic E-state index is -0.566. The lowest BCUT2D eigenvalue weighted by atomic mass is 9.96. The number of benzene rings is 3. The van der Waals surface area contributed by atoms with E-state index in [1.54, 1.807) is 55.5 Å². The zero-order chi connectivity index (χ0) is 26.4. The van der Waals surface area contributed by atoms with E-state index in [0.717, 1.165) is 24.2 Å². The van der Waals surface area contributed by atoms with Gasteiger partial charge in [0.25, 0.3) is 0 Å².